The standard InChI is InChI=1S/C14H13IO4S/c1-18-14-8-6-13(7-9-14)12-4-2-11(3-5-12)10-20(16,17)19-15/h2-9H,10H2,1H3. The summed E-state index contributed by atoms with van der Waals surface area (Å²) >= 11 is 1.38. The van der Waals surface area contributed by atoms with E-state index in [-0.39, 0.29) is 5.75 Å². The van der Waals surface area contributed by atoms with Gasteiger partial charge in [0.25, 0.3) is 10.1 Å². The molecule has 0 unspecified atom stereocenters. The molecule has 0 aliphatic heterocycles. The molecule has 0 bridgehead atoms. The zero-order chi connectivity index (χ0) is 14.6. The summed E-state index contributed by atoms with van der Waals surface area (Å²) in [5, 5.41) is 0. The molecule has 6 heteroatoms. The molecule has 106 valence electrons. The SMILES string of the molecule is COc1ccc(-c2ccc(CS(=O)(=O)OI)cc2)cc1. The normalized spacial score (nSPS) is 11.3. The molecule has 0 N–H and O–H groups in total. The molecule has 0 aliphatic carbocycles. The molecular weight excluding hydrogens is 391 g/mol. The van der Waals surface area contributed by atoms with Gasteiger partial charge in [0.2, 0.25) is 0 Å². The molecule has 0 aliphatic rings. The number of halogens is 1. The Hall–Kier alpha value is -1.12. The first-order valence-electron chi connectivity index (χ1n) is 5.80. The highest BCUT2D eigenvalue weighted by Gasteiger charge is 2.11. The van der Waals surface area contributed by atoms with Crippen molar-refractivity contribution in [3.8, 4) is 16.9 Å². The Balaban J connectivity index is 2.19. The Labute approximate surface area is 132 Å². The average Bonchev–Trinajstić information content (AvgIpc) is 2.48. The lowest BCUT2D eigenvalue weighted by atomic mass is 10.0. The van der Waals surface area contributed by atoms with E-state index in [1.165, 1.54) is 23.0 Å². The maximum absolute atomic E-state index is 11.4. The second-order valence-corrected chi connectivity index (χ2v) is 6.80. The highest BCUT2D eigenvalue weighted by Crippen LogP contribution is 2.23. The van der Waals surface area contributed by atoms with Crippen LogP contribution in [-0.4, -0.2) is 15.5 Å². The highest BCUT2D eigenvalue weighted by atomic mass is 127. The van der Waals surface area contributed by atoms with Gasteiger partial charge in [0.15, 0.2) is 0 Å². The van der Waals surface area contributed by atoms with Gasteiger partial charge in [0, 0.05) is 0 Å². The van der Waals surface area contributed by atoms with Gasteiger partial charge in [-0.25, -0.2) is 0 Å². The van der Waals surface area contributed by atoms with Crippen molar-refractivity contribution in [1.29, 1.82) is 0 Å². The van der Waals surface area contributed by atoms with Crippen molar-refractivity contribution < 1.29 is 15.7 Å². The van der Waals surface area contributed by atoms with Crippen LogP contribution in [-0.2, 0) is 18.4 Å². The largest absolute Gasteiger partial charge is 0.497 e. The monoisotopic (exact) mass is 404 g/mol. The molecule has 0 saturated carbocycles. The Morgan fingerprint density at radius 1 is 0.950 bits per heavy atom. The summed E-state index contributed by atoms with van der Waals surface area (Å²) in [4.78, 5) is 0. The first kappa shape index (κ1) is 15.3. The van der Waals surface area contributed by atoms with E-state index in [1.54, 1.807) is 19.2 Å². The van der Waals surface area contributed by atoms with Crippen LogP contribution in [0.4, 0.5) is 0 Å². The third-order valence-electron chi connectivity index (χ3n) is 2.82. The van der Waals surface area contributed by atoms with Gasteiger partial charge in [-0.1, -0.05) is 36.4 Å². The number of hydrogen-bond donors (Lipinski definition) is 0. The van der Waals surface area contributed by atoms with Gasteiger partial charge >= 0.3 is 0 Å². The van der Waals surface area contributed by atoms with Crippen LogP contribution in [0.1, 0.15) is 5.56 Å². The number of hydrogen-bond acceptors (Lipinski definition) is 4. The Kier molecular flexibility index (Phi) is 5.00. The zero-order valence-corrected chi connectivity index (χ0v) is 13.7. The predicted octanol–water partition coefficient (Wildman–Crippen LogP) is 3.56. The van der Waals surface area contributed by atoms with Crippen molar-refractivity contribution >= 4 is 33.1 Å². The molecule has 4 nitrogen and oxygen atoms in total. The minimum atomic E-state index is -3.49. The van der Waals surface area contributed by atoms with Crippen LogP contribution in [0.25, 0.3) is 11.1 Å². The van der Waals surface area contributed by atoms with E-state index >= 15 is 0 Å². The number of rotatable bonds is 5. The molecule has 0 spiro atoms. The summed E-state index contributed by atoms with van der Waals surface area (Å²) in [5.41, 5.74) is 2.76. The molecule has 0 amide bonds. The highest BCUT2D eigenvalue weighted by molar-refractivity contribution is 14.1. The van der Waals surface area contributed by atoms with Crippen LogP contribution in [0.2, 0.25) is 0 Å². The van der Waals surface area contributed by atoms with E-state index in [1.807, 2.05) is 36.4 Å². The number of benzene rings is 2. The minimum Gasteiger partial charge on any atom is -0.497 e. The van der Waals surface area contributed by atoms with Crippen LogP contribution in [0.3, 0.4) is 0 Å². The molecule has 0 atom stereocenters. The topological polar surface area (TPSA) is 52.6 Å². The fraction of sp³-hybridized carbons (Fsp3) is 0.143. The van der Waals surface area contributed by atoms with Crippen molar-refractivity contribution in [1.82, 2.24) is 0 Å². The number of methoxy groups -OCH3 is 1. The molecule has 0 saturated heterocycles. The van der Waals surface area contributed by atoms with Gasteiger partial charge in [-0.05, 0) is 28.8 Å². The molecule has 0 heterocycles. The van der Waals surface area contributed by atoms with Gasteiger partial charge in [-0.15, -0.1) is 0 Å². The van der Waals surface area contributed by atoms with Crippen molar-refractivity contribution in [2.45, 2.75) is 5.75 Å². The van der Waals surface area contributed by atoms with Crippen molar-refractivity contribution in [3.63, 3.8) is 0 Å². The summed E-state index contributed by atoms with van der Waals surface area (Å²) in [6.07, 6.45) is 0. The van der Waals surface area contributed by atoms with Gasteiger partial charge in [-0.3, -0.25) is 0 Å². The van der Waals surface area contributed by atoms with Crippen molar-refractivity contribution in [2.24, 2.45) is 0 Å². The smallest absolute Gasteiger partial charge is 0.280 e. The quantitative estimate of drug-likeness (QED) is 0.716. The van der Waals surface area contributed by atoms with Gasteiger partial charge in [-0.2, -0.15) is 10.9 Å². The summed E-state index contributed by atoms with van der Waals surface area (Å²) in [7, 11) is -1.86. The van der Waals surface area contributed by atoms with Gasteiger partial charge in [0.1, 0.15) is 34.5 Å². The zero-order valence-electron chi connectivity index (χ0n) is 10.7. The molecule has 0 aromatic heterocycles. The van der Waals surface area contributed by atoms with E-state index in [4.69, 9.17) is 4.74 Å². The lowest BCUT2D eigenvalue weighted by molar-refractivity contribution is 0.415. The Morgan fingerprint density at radius 3 is 1.90 bits per heavy atom. The van der Waals surface area contributed by atoms with E-state index in [9.17, 15) is 8.42 Å². The summed E-state index contributed by atoms with van der Waals surface area (Å²) in [6, 6.07) is 15.0. The molecule has 20 heavy (non-hydrogen) atoms. The summed E-state index contributed by atoms with van der Waals surface area (Å²) < 4.78 is 32.2. The Morgan fingerprint density at radius 2 is 1.45 bits per heavy atom. The molecule has 2 aromatic rings. The third-order valence-corrected chi connectivity index (χ3v) is 5.34. The Bertz CT molecular complexity index is 663. The lowest BCUT2D eigenvalue weighted by Gasteiger charge is -2.05. The predicted molar refractivity (Wildman–Crippen MR) is 86.2 cm³/mol. The molecule has 2 rings (SSSR count). The van der Waals surface area contributed by atoms with Crippen LogP contribution in [0.5, 0.6) is 5.75 Å². The molecule has 0 fully saturated rings. The van der Waals surface area contributed by atoms with Crippen LogP contribution in [0.15, 0.2) is 48.5 Å². The van der Waals surface area contributed by atoms with E-state index in [0.29, 0.717) is 5.56 Å². The second-order valence-electron chi connectivity index (χ2n) is 4.19. The third kappa shape index (κ3) is 3.94. The van der Waals surface area contributed by atoms with E-state index < -0.39 is 10.1 Å². The molecule has 2 aromatic carbocycles. The molecular formula is C14H13IO4S. The van der Waals surface area contributed by atoms with Crippen LogP contribution < -0.4 is 4.74 Å². The minimum absolute atomic E-state index is 0.126. The fourth-order valence-electron chi connectivity index (χ4n) is 1.80. The van der Waals surface area contributed by atoms with Crippen molar-refractivity contribution in [3.05, 3.63) is 54.1 Å². The average molecular weight is 404 g/mol. The van der Waals surface area contributed by atoms with E-state index in [0.717, 1.165) is 16.9 Å². The van der Waals surface area contributed by atoms with Crippen molar-refractivity contribution in [2.75, 3.05) is 7.11 Å². The fourth-order valence-corrected chi connectivity index (χ4v) is 2.83. The summed E-state index contributed by atoms with van der Waals surface area (Å²) in [6.45, 7) is 0. The lowest BCUT2D eigenvalue weighted by Crippen LogP contribution is -2.02. The first-order chi connectivity index (χ1) is 9.54. The molecule has 0 radical (unpaired) electrons. The summed E-state index contributed by atoms with van der Waals surface area (Å²) in [5.74, 6) is 0.675. The van der Waals surface area contributed by atoms with E-state index in [2.05, 4.69) is 2.51 Å². The van der Waals surface area contributed by atoms with Crippen LogP contribution in [0, 0.1) is 0 Å². The van der Waals surface area contributed by atoms with Crippen LogP contribution >= 0.6 is 23.0 Å². The van der Waals surface area contributed by atoms with Gasteiger partial charge < -0.3 is 4.74 Å². The van der Waals surface area contributed by atoms with Gasteiger partial charge in [0.05, 0.1) is 7.11 Å². The first-order valence-corrected chi connectivity index (χ1v) is 8.26. The number of ether oxygens (including phenoxy) is 1. The maximum atomic E-state index is 11.4. The second kappa shape index (κ2) is 6.55. The maximum Gasteiger partial charge on any atom is 0.280 e.